The fourth-order valence-electron chi connectivity index (χ4n) is 3.70. The third kappa shape index (κ3) is 4.55. The van der Waals surface area contributed by atoms with E-state index in [0.717, 1.165) is 18.4 Å². The topological polar surface area (TPSA) is 29.3 Å². The van der Waals surface area contributed by atoms with Gasteiger partial charge >= 0.3 is 0 Å². The van der Waals surface area contributed by atoms with E-state index < -0.39 is 0 Å². The summed E-state index contributed by atoms with van der Waals surface area (Å²) in [7, 11) is 0. The lowest BCUT2D eigenvalue weighted by molar-refractivity contribution is 0.0562. The highest BCUT2D eigenvalue weighted by molar-refractivity contribution is 4.94. The Hall–Kier alpha value is -0.0800. The van der Waals surface area contributed by atoms with Gasteiger partial charge in [0.15, 0.2) is 0 Å². The van der Waals surface area contributed by atoms with Gasteiger partial charge in [0.05, 0.1) is 0 Å². The first kappa shape index (κ1) is 16.0. The zero-order chi connectivity index (χ0) is 13.6. The van der Waals surface area contributed by atoms with Crippen LogP contribution in [0.2, 0.25) is 0 Å². The van der Waals surface area contributed by atoms with E-state index in [2.05, 4.69) is 32.6 Å². The quantitative estimate of drug-likeness (QED) is 0.784. The fraction of sp³-hybridized carbons (Fsp3) is 1.00. The first-order valence-corrected chi connectivity index (χ1v) is 7.95. The Kier molecular flexibility index (Phi) is 6.65. The van der Waals surface area contributed by atoms with Gasteiger partial charge in [0, 0.05) is 12.1 Å². The van der Waals surface area contributed by atoms with E-state index in [1.54, 1.807) is 0 Å². The van der Waals surface area contributed by atoms with Gasteiger partial charge in [-0.15, -0.1) is 0 Å². The van der Waals surface area contributed by atoms with Crippen molar-refractivity contribution in [3.8, 4) is 0 Å². The first-order valence-electron chi connectivity index (χ1n) is 7.95. The number of hydrogen-bond acceptors (Lipinski definition) is 2. The molecule has 1 aliphatic heterocycles. The molecule has 2 nitrogen and oxygen atoms in total. The van der Waals surface area contributed by atoms with Crippen molar-refractivity contribution < 1.29 is 0 Å². The number of nitrogens with zero attached hydrogens (tertiary/aromatic N) is 1. The molecule has 0 amide bonds. The average Bonchev–Trinajstić information content (AvgIpc) is 2.55. The predicted octanol–water partition coefficient (Wildman–Crippen LogP) is 3.65. The predicted molar refractivity (Wildman–Crippen MR) is 80.7 cm³/mol. The molecule has 18 heavy (non-hydrogen) atoms. The van der Waals surface area contributed by atoms with Crippen molar-refractivity contribution >= 4 is 0 Å². The van der Waals surface area contributed by atoms with Crippen molar-refractivity contribution in [1.82, 2.24) is 4.90 Å². The number of hydrogen-bond donors (Lipinski definition) is 1. The molecular weight excluding hydrogens is 220 g/mol. The molecule has 2 heteroatoms. The maximum atomic E-state index is 6.24. The Bertz CT molecular complexity index is 205. The zero-order valence-electron chi connectivity index (χ0n) is 13.0. The third-order valence-electron chi connectivity index (χ3n) is 4.23. The standard InChI is InChI=1S/C16H34N2/c1-14(2)11-16(13-17,12-15(3)4)18-9-7-5-6-8-10-18/h14-15H,5-13,17H2,1-4H3. The van der Waals surface area contributed by atoms with Crippen LogP contribution in [0, 0.1) is 11.8 Å². The Labute approximate surface area is 114 Å². The summed E-state index contributed by atoms with van der Waals surface area (Å²) >= 11 is 0. The summed E-state index contributed by atoms with van der Waals surface area (Å²) < 4.78 is 0. The molecule has 0 saturated carbocycles. The molecule has 1 fully saturated rings. The monoisotopic (exact) mass is 254 g/mol. The van der Waals surface area contributed by atoms with Gasteiger partial charge in [-0.25, -0.2) is 0 Å². The van der Waals surface area contributed by atoms with Crippen molar-refractivity contribution in [3.05, 3.63) is 0 Å². The lowest BCUT2D eigenvalue weighted by Gasteiger charge is -2.45. The minimum absolute atomic E-state index is 0.257. The first-order chi connectivity index (χ1) is 8.50. The van der Waals surface area contributed by atoms with E-state index in [-0.39, 0.29) is 5.54 Å². The van der Waals surface area contributed by atoms with Crippen LogP contribution in [0.3, 0.4) is 0 Å². The minimum atomic E-state index is 0.257. The third-order valence-corrected chi connectivity index (χ3v) is 4.23. The second kappa shape index (κ2) is 7.49. The molecule has 0 unspecified atom stereocenters. The van der Waals surface area contributed by atoms with Crippen molar-refractivity contribution in [1.29, 1.82) is 0 Å². The normalized spacial score (nSPS) is 19.5. The molecule has 0 radical (unpaired) electrons. The van der Waals surface area contributed by atoms with Gasteiger partial charge in [-0.3, -0.25) is 4.90 Å². The molecule has 2 N–H and O–H groups in total. The van der Waals surface area contributed by atoms with Crippen LogP contribution in [-0.2, 0) is 0 Å². The van der Waals surface area contributed by atoms with E-state index in [4.69, 9.17) is 5.73 Å². The molecule has 0 aromatic rings. The summed E-state index contributed by atoms with van der Waals surface area (Å²) in [6, 6.07) is 0. The number of likely N-dealkylation sites (tertiary alicyclic amines) is 1. The lowest BCUT2D eigenvalue weighted by atomic mass is 9.80. The molecule has 1 rings (SSSR count). The van der Waals surface area contributed by atoms with Gasteiger partial charge in [0.25, 0.3) is 0 Å². The van der Waals surface area contributed by atoms with E-state index in [1.165, 1.54) is 51.6 Å². The molecule has 1 aliphatic rings. The molecule has 1 saturated heterocycles. The average molecular weight is 254 g/mol. The zero-order valence-corrected chi connectivity index (χ0v) is 13.0. The molecule has 0 aromatic carbocycles. The molecule has 108 valence electrons. The lowest BCUT2D eigenvalue weighted by Crippen LogP contribution is -2.55. The van der Waals surface area contributed by atoms with Gasteiger partial charge in [0.1, 0.15) is 0 Å². The van der Waals surface area contributed by atoms with Crippen LogP contribution in [0.4, 0.5) is 0 Å². The second-order valence-corrected chi connectivity index (χ2v) is 7.03. The van der Waals surface area contributed by atoms with Crippen LogP contribution in [0.15, 0.2) is 0 Å². The van der Waals surface area contributed by atoms with E-state index in [1.807, 2.05) is 0 Å². The molecule has 0 bridgehead atoms. The van der Waals surface area contributed by atoms with E-state index >= 15 is 0 Å². The van der Waals surface area contributed by atoms with Crippen molar-refractivity contribution in [2.45, 2.75) is 71.8 Å². The maximum absolute atomic E-state index is 6.24. The van der Waals surface area contributed by atoms with Gasteiger partial charge in [0.2, 0.25) is 0 Å². The van der Waals surface area contributed by atoms with Gasteiger partial charge in [-0.2, -0.15) is 0 Å². The Morgan fingerprint density at radius 2 is 1.33 bits per heavy atom. The summed E-state index contributed by atoms with van der Waals surface area (Å²) in [5.74, 6) is 1.46. The minimum Gasteiger partial charge on any atom is -0.329 e. The largest absolute Gasteiger partial charge is 0.329 e. The smallest absolute Gasteiger partial charge is 0.0336 e. The summed E-state index contributed by atoms with van der Waals surface area (Å²) in [4.78, 5) is 2.74. The highest BCUT2D eigenvalue weighted by Crippen LogP contribution is 2.32. The molecule has 1 heterocycles. The fourth-order valence-corrected chi connectivity index (χ4v) is 3.70. The second-order valence-electron chi connectivity index (χ2n) is 7.03. The van der Waals surface area contributed by atoms with Gasteiger partial charge in [-0.05, 0) is 50.6 Å². The van der Waals surface area contributed by atoms with Crippen LogP contribution in [-0.4, -0.2) is 30.1 Å². The molecule has 0 atom stereocenters. The molecule has 0 spiro atoms. The number of rotatable bonds is 6. The van der Waals surface area contributed by atoms with Crippen molar-refractivity contribution in [2.24, 2.45) is 17.6 Å². The Morgan fingerprint density at radius 3 is 1.67 bits per heavy atom. The maximum Gasteiger partial charge on any atom is 0.0336 e. The van der Waals surface area contributed by atoms with Crippen LogP contribution in [0.25, 0.3) is 0 Å². The Balaban J connectivity index is 2.83. The van der Waals surface area contributed by atoms with Gasteiger partial charge in [-0.1, -0.05) is 40.5 Å². The summed E-state index contributed by atoms with van der Waals surface area (Å²) in [6.07, 6.45) is 8.03. The van der Waals surface area contributed by atoms with Crippen LogP contribution >= 0.6 is 0 Å². The molecular formula is C16H34N2. The van der Waals surface area contributed by atoms with Crippen LogP contribution in [0.1, 0.15) is 66.2 Å². The molecule has 0 aliphatic carbocycles. The van der Waals surface area contributed by atoms with Gasteiger partial charge < -0.3 is 5.73 Å². The SMILES string of the molecule is CC(C)CC(CN)(CC(C)C)N1CCCCCC1. The van der Waals surface area contributed by atoms with E-state index in [0.29, 0.717) is 0 Å². The van der Waals surface area contributed by atoms with E-state index in [9.17, 15) is 0 Å². The highest BCUT2D eigenvalue weighted by atomic mass is 15.2. The van der Waals surface area contributed by atoms with Crippen molar-refractivity contribution in [3.63, 3.8) is 0 Å². The Morgan fingerprint density at radius 1 is 0.889 bits per heavy atom. The summed E-state index contributed by atoms with van der Waals surface area (Å²) in [6.45, 7) is 12.7. The summed E-state index contributed by atoms with van der Waals surface area (Å²) in [5.41, 5.74) is 6.50. The number of nitrogens with two attached hydrogens (primary N) is 1. The molecule has 0 aromatic heterocycles. The summed E-state index contributed by atoms with van der Waals surface area (Å²) in [5, 5.41) is 0. The van der Waals surface area contributed by atoms with Crippen LogP contribution in [0.5, 0.6) is 0 Å². The van der Waals surface area contributed by atoms with Crippen molar-refractivity contribution in [2.75, 3.05) is 19.6 Å². The highest BCUT2D eigenvalue weighted by Gasteiger charge is 2.36. The van der Waals surface area contributed by atoms with Crippen LogP contribution < -0.4 is 5.73 Å².